The van der Waals surface area contributed by atoms with Gasteiger partial charge in [-0.2, -0.15) is 0 Å². The Bertz CT molecular complexity index is 1340. The van der Waals surface area contributed by atoms with Crippen LogP contribution < -0.4 is 0 Å². The molecule has 0 bridgehead atoms. The van der Waals surface area contributed by atoms with Gasteiger partial charge in [-0.25, -0.2) is 4.79 Å². The lowest BCUT2D eigenvalue weighted by Gasteiger charge is -2.70. The Labute approximate surface area is 271 Å². The molecule has 45 heavy (non-hydrogen) atoms. The van der Waals surface area contributed by atoms with Crippen molar-refractivity contribution in [1.82, 2.24) is 0 Å². The zero-order valence-electron chi connectivity index (χ0n) is 29.0. The van der Waals surface area contributed by atoms with Gasteiger partial charge in [-0.05, 0) is 149 Å². The van der Waals surface area contributed by atoms with Crippen molar-refractivity contribution in [2.45, 2.75) is 143 Å². The van der Waals surface area contributed by atoms with Gasteiger partial charge in [0.15, 0.2) is 11.5 Å². The van der Waals surface area contributed by atoms with Gasteiger partial charge in [-0.1, -0.05) is 40.7 Å². The number of phenols is 2. The van der Waals surface area contributed by atoms with E-state index in [9.17, 15) is 20.1 Å². The number of benzene rings is 1. The van der Waals surface area contributed by atoms with Gasteiger partial charge >= 0.3 is 5.97 Å². The van der Waals surface area contributed by atoms with E-state index in [-0.39, 0.29) is 56.9 Å². The van der Waals surface area contributed by atoms with Crippen LogP contribution in [0.5, 0.6) is 11.5 Å². The average Bonchev–Trinajstić information content (AvgIpc) is 3.53. The SMILES string of the molecule is CC(C)(O)[C@H]1CC[C@@](C)([C@H]2CC[C@]3(C)[C@@H]2CC[C@H]2[C@@]4(C)CC[C@H](OC(=O)/C=C/c5ccc(O)c(O)c5)C(C)(C)[C@@H]4CC[C@]23C)O1. The van der Waals surface area contributed by atoms with E-state index < -0.39 is 5.60 Å². The van der Waals surface area contributed by atoms with Crippen molar-refractivity contribution in [3.8, 4) is 11.5 Å². The van der Waals surface area contributed by atoms with Gasteiger partial charge in [0.25, 0.3) is 0 Å². The molecule has 1 saturated heterocycles. The van der Waals surface area contributed by atoms with Crippen LogP contribution in [0.2, 0.25) is 0 Å². The number of carbonyl (C=O) groups is 1. The fourth-order valence-electron chi connectivity index (χ4n) is 12.3. The number of aromatic hydroxyl groups is 2. The van der Waals surface area contributed by atoms with Crippen molar-refractivity contribution >= 4 is 12.0 Å². The average molecular weight is 623 g/mol. The molecule has 6 nitrogen and oxygen atoms in total. The highest BCUT2D eigenvalue weighted by Crippen LogP contribution is 2.76. The molecule has 0 spiro atoms. The molecule has 3 N–H and O–H groups in total. The minimum absolute atomic E-state index is 0.0844. The van der Waals surface area contributed by atoms with Gasteiger partial charge in [-0.3, -0.25) is 0 Å². The molecule has 4 aliphatic carbocycles. The van der Waals surface area contributed by atoms with E-state index in [0.29, 0.717) is 29.2 Å². The fourth-order valence-corrected chi connectivity index (χ4v) is 12.3. The third-order valence-electron chi connectivity index (χ3n) is 14.9. The maximum atomic E-state index is 13.0. The van der Waals surface area contributed by atoms with Crippen LogP contribution in [0.25, 0.3) is 6.08 Å². The summed E-state index contributed by atoms with van der Waals surface area (Å²) < 4.78 is 12.9. The second-order valence-corrected chi connectivity index (χ2v) is 17.8. The normalized spacial score (nSPS) is 44.3. The van der Waals surface area contributed by atoms with Crippen LogP contribution in [0.15, 0.2) is 24.3 Å². The van der Waals surface area contributed by atoms with E-state index in [1.165, 1.54) is 50.3 Å². The summed E-state index contributed by atoms with van der Waals surface area (Å²) in [5.41, 5.74) is 0.273. The predicted octanol–water partition coefficient (Wildman–Crippen LogP) is 8.42. The molecular weight excluding hydrogens is 564 g/mol. The third-order valence-corrected chi connectivity index (χ3v) is 14.9. The van der Waals surface area contributed by atoms with Crippen molar-refractivity contribution in [2.75, 3.05) is 0 Å². The third kappa shape index (κ3) is 5.07. The Morgan fingerprint density at radius 1 is 0.844 bits per heavy atom. The van der Waals surface area contributed by atoms with Crippen molar-refractivity contribution < 1.29 is 29.6 Å². The number of esters is 1. The number of fused-ring (bicyclic) bond motifs is 5. The van der Waals surface area contributed by atoms with Gasteiger partial charge < -0.3 is 24.8 Å². The van der Waals surface area contributed by atoms with Crippen molar-refractivity contribution in [2.24, 2.45) is 45.3 Å². The molecule has 1 heterocycles. The summed E-state index contributed by atoms with van der Waals surface area (Å²) in [6.45, 7) is 18.6. The maximum absolute atomic E-state index is 13.0. The summed E-state index contributed by atoms with van der Waals surface area (Å²) in [6, 6.07) is 4.50. The first-order valence-corrected chi connectivity index (χ1v) is 17.7. The molecule has 10 atom stereocenters. The number of hydrogen-bond donors (Lipinski definition) is 3. The lowest BCUT2D eigenvalue weighted by molar-refractivity contribution is -0.230. The second kappa shape index (κ2) is 10.7. The topological polar surface area (TPSA) is 96.2 Å². The number of aliphatic hydroxyl groups is 1. The number of ether oxygens (including phenoxy) is 2. The largest absolute Gasteiger partial charge is 0.504 e. The van der Waals surface area contributed by atoms with Crippen LogP contribution in [-0.4, -0.2) is 44.7 Å². The first-order valence-electron chi connectivity index (χ1n) is 17.7. The predicted molar refractivity (Wildman–Crippen MR) is 176 cm³/mol. The van der Waals surface area contributed by atoms with Gasteiger partial charge in [0, 0.05) is 11.5 Å². The number of rotatable bonds is 5. The maximum Gasteiger partial charge on any atom is 0.331 e. The Kier molecular flexibility index (Phi) is 7.84. The monoisotopic (exact) mass is 622 g/mol. The van der Waals surface area contributed by atoms with Crippen LogP contribution in [0.4, 0.5) is 0 Å². The highest BCUT2D eigenvalue weighted by molar-refractivity contribution is 5.87. The molecule has 5 aliphatic rings. The van der Waals surface area contributed by atoms with Crippen LogP contribution in [0.1, 0.15) is 125 Å². The summed E-state index contributed by atoms with van der Waals surface area (Å²) in [5.74, 6) is 1.57. The van der Waals surface area contributed by atoms with E-state index >= 15 is 0 Å². The molecule has 0 aromatic heterocycles. The van der Waals surface area contributed by atoms with Gasteiger partial charge in [-0.15, -0.1) is 0 Å². The zero-order valence-corrected chi connectivity index (χ0v) is 29.0. The lowest BCUT2D eigenvalue weighted by atomic mass is 9.35. The highest BCUT2D eigenvalue weighted by Gasteiger charge is 2.70. The fraction of sp³-hybridized carbons (Fsp3) is 0.769. The number of phenolic OH excluding ortho intramolecular Hbond substituents is 2. The first-order chi connectivity index (χ1) is 20.8. The molecule has 6 rings (SSSR count). The smallest absolute Gasteiger partial charge is 0.331 e. The molecular formula is C39H58O6. The summed E-state index contributed by atoms with van der Waals surface area (Å²) in [5, 5.41) is 30.1. The number of carbonyl (C=O) groups excluding carboxylic acids is 1. The minimum Gasteiger partial charge on any atom is -0.504 e. The van der Waals surface area contributed by atoms with Crippen molar-refractivity contribution in [3.63, 3.8) is 0 Å². The van der Waals surface area contributed by atoms with E-state index in [4.69, 9.17) is 9.47 Å². The molecule has 1 aromatic carbocycles. The summed E-state index contributed by atoms with van der Waals surface area (Å²) >= 11 is 0. The van der Waals surface area contributed by atoms with Crippen molar-refractivity contribution in [3.05, 3.63) is 29.8 Å². The molecule has 6 heteroatoms. The van der Waals surface area contributed by atoms with E-state index in [1.807, 2.05) is 13.8 Å². The molecule has 1 aromatic rings. The molecule has 0 radical (unpaired) electrons. The molecule has 0 unspecified atom stereocenters. The summed E-state index contributed by atoms with van der Waals surface area (Å²) in [7, 11) is 0. The van der Waals surface area contributed by atoms with Crippen LogP contribution in [0.3, 0.4) is 0 Å². The zero-order chi connectivity index (χ0) is 32.8. The van der Waals surface area contributed by atoms with Crippen molar-refractivity contribution in [1.29, 1.82) is 0 Å². The van der Waals surface area contributed by atoms with E-state index in [1.54, 1.807) is 12.1 Å². The Morgan fingerprint density at radius 2 is 1.56 bits per heavy atom. The van der Waals surface area contributed by atoms with E-state index in [2.05, 4.69) is 41.5 Å². The Balaban J connectivity index is 1.18. The van der Waals surface area contributed by atoms with Gasteiger partial charge in [0.1, 0.15) is 6.10 Å². The van der Waals surface area contributed by atoms with Crippen LogP contribution in [0, 0.1) is 45.3 Å². The van der Waals surface area contributed by atoms with Gasteiger partial charge in [0.05, 0.1) is 17.3 Å². The summed E-state index contributed by atoms with van der Waals surface area (Å²) in [6.07, 6.45) is 14.1. The molecule has 4 saturated carbocycles. The lowest BCUT2D eigenvalue weighted by Crippen LogP contribution is -2.64. The first kappa shape index (κ1) is 32.9. The molecule has 0 amide bonds. The Hall–Kier alpha value is -2.05. The van der Waals surface area contributed by atoms with Gasteiger partial charge in [0.2, 0.25) is 0 Å². The molecule has 1 aliphatic heterocycles. The number of hydrogen-bond acceptors (Lipinski definition) is 6. The summed E-state index contributed by atoms with van der Waals surface area (Å²) in [4.78, 5) is 13.0. The molecule has 5 fully saturated rings. The van der Waals surface area contributed by atoms with Crippen LogP contribution >= 0.6 is 0 Å². The Morgan fingerprint density at radius 3 is 2.22 bits per heavy atom. The van der Waals surface area contributed by atoms with E-state index in [0.717, 1.165) is 32.1 Å². The quantitative estimate of drug-likeness (QED) is 0.173. The minimum atomic E-state index is -0.802. The standard InChI is InChI=1S/C39H58O6/c1-34(2)29-16-21-38(7)30(13-11-25-26(15-20-37(25,38)6)39(8)22-18-32(45-39)35(3,4)43)36(29,5)19-17-31(34)44-33(42)14-10-24-9-12-27(40)28(41)23-24/h9-10,12,14,23,25-26,29-32,40-41,43H,11,13,15-22H2,1-8H3/b14-10+/t25-,26+,29+,30+,31+,32-,36+,37-,38-,39+/m1/s1. The molecule has 250 valence electrons. The second-order valence-electron chi connectivity index (χ2n) is 17.8. The van der Waals surface area contributed by atoms with Crippen LogP contribution in [-0.2, 0) is 14.3 Å². The highest BCUT2D eigenvalue weighted by atomic mass is 16.5.